The van der Waals surface area contributed by atoms with Gasteiger partial charge in [-0.25, -0.2) is 0 Å². The zero-order valence-corrected chi connectivity index (χ0v) is 12.6. The Kier molecular flexibility index (Phi) is 5.35. The van der Waals surface area contributed by atoms with Crippen LogP contribution in [0, 0.1) is 6.92 Å². The van der Waals surface area contributed by atoms with Gasteiger partial charge in [0, 0.05) is 6.04 Å². The molecule has 1 amide bonds. The van der Waals surface area contributed by atoms with E-state index >= 15 is 0 Å². The number of thiocarbonyl (C=S) groups is 1. The number of hydrogen-bond donors (Lipinski definition) is 1. The molecule has 2 N–H and O–H groups in total. The highest BCUT2D eigenvalue weighted by Gasteiger charge is 2.22. The molecule has 1 rings (SSSR count). The van der Waals surface area contributed by atoms with Crippen molar-refractivity contribution in [3.63, 3.8) is 0 Å². The van der Waals surface area contributed by atoms with Gasteiger partial charge in [0.1, 0.15) is 0 Å². The minimum atomic E-state index is -0.0994. The van der Waals surface area contributed by atoms with E-state index in [0.717, 1.165) is 5.69 Å². The first-order chi connectivity index (χ1) is 8.86. The largest absolute Gasteiger partial charge is 0.392 e. The monoisotopic (exact) mass is 280 g/mol. The van der Waals surface area contributed by atoms with Gasteiger partial charge in [0.2, 0.25) is 0 Å². The standard InChI is InChI=1S/C13H20N4OS/c1-5-11-10(6-9(4)15-16-11)13(18)17(8(2)3)7-12(14)19/h6,8H,5,7H2,1-4H3,(H2,14,19). The van der Waals surface area contributed by atoms with Crippen molar-refractivity contribution >= 4 is 23.1 Å². The van der Waals surface area contributed by atoms with Crippen molar-refractivity contribution in [2.45, 2.75) is 40.2 Å². The smallest absolute Gasteiger partial charge is 0.256 e. The minimum Gasteiger partial charge on any atom is -0.392 e. The van der Waals surface area contributed by atoms with Gasteiger partial charge in [-0.1, -0.05) is 19.1 Å². The molecule has 19 heavy (non-hydrogen) atoms. The van der Waals surface area contributed by atoms with Crippen LogP contribution in [0.25, 0.3) is 0 Å². The van der Waals surface area contributed by atoms with Gasteiger partial charge in [-0.2, -0.15) is 10.2 Å². The molecule has 1 aromatic heterocycles. The molecular weight excluding hydrogens is 260 g/mol. The average Bonchev–Trinajstić information content (AvgIpc) is 2.34. The maximum absolute atomic E-state index is 12.6. The number of nitrogens with zero attached hydrogens (tertiary/aromatic N) is 3. The molecule has 104 valence electrons. The summed E-state index contributed by atoms with van der Waals surface area (Å²) < 4.78 is 0. The number of hydrogen-bond acceptors (Lipinski definition) is 4. The molecule has 0 bridgehead atoms. The molecule has 0 saturated heterocycles. The van der Waals surface area contributed by atoms with Crippen molar-refractivity contribution in [2.24, 2.45) is 5.73 Å². The summed E-state index contributed by atoms with van der Waals surface area (Å²) in [6, 6.07) is 1.79. The first kappa shape index (κ1) is 15.5. The molecule has 5 nitrogen and oxygen atoms in total. The van der Waals surface area contributed by atoms with E-state index in [1.807, 2.05) is 27.7 Å². The fraction of sp³-hybridized carbons (Fsp3) is 0.538. The number of carbonyl (C=O) groups excluding carboxylic acids is 1. The van der Waals surface area contributed by atoms with E-state index in [2.05, 4.69) is 10.2 Å². The minimum absolute atomic E-state index is 0.0205. The van der Waals surface area contributed by atoms with Gasteiger partial charge in [-0.05, 0) is 33.3 Å². The Morgan fingerprint density at radius 2 is 2.11 bits per heavy atom. The van der Waals surface area contributed by atoms with E-state index in [1.165, 1.54) is 0 Å². The van der Waals surface area contributed by atoms with Gasteiger partial charge in [0.05, 0.1) is 28.5 Å². The van der Waals surface area contributed by atoms with Crippen LogP contribution in [0.2, 0.25) is 0 Å². The van der Waals surface area contributed by atoms with Gasteiger partial charge in [-0.3, -0.25) is 4.79 Å². The highest BCUT2D eigenvalue weighted by atomic mass is 32.1. The molecular formula is C13H20N4OS. The van der Waals surface area contributed by atoms with E-state index in [0.29, 0.717) is 22.7 Å². The Morgan fingerprint density at radius 1 is 1.47 bits per heavy atom. The van der Waals surface area contributed by atoms with E-state index in [4.69, 9.17) is 18.0 Å². The van der Waals surface area contributed by atoms with Gasteiger partial charge in [0.15, 0.2) is 0 Å². The second kappa shape index (κ2) is 6.56. The number of aromatic nitrogens is 2. The summed E-state index contributed by atoms with van der Waals surface area (Å²) in [4.78, 5) is 14.6. The number of nitrogens with two attached hydrogens (primary N) is 1. The van der Waals surface area contributed by atoms with Gasteiger partial charge in [0.25, 0.3) is 5.91 Å². The van der Waals surface area contributed by atoms with Crippen molar-refractivity contribution in [1.82, 2.24) is 15.1 Å². The van der Waals surface area contributed by atoms with Gasteiger partial charge >= 0.3 is 0 Å². The lowest BCUT2D eigenvalue weighted by Gasteiger charge is -2.26. The third kappa shape index (κ3) is 3.96. The summed E-state index contributed by atoms with van der Waals surface area (Å²) in [6.07, 6.45) is 0.660. The van der Waals surface area contributed by atoms with Gasteiger partial charge < -0.3 is 10.6 Å². The summed E-state index contributed by atoms with van der Waals surface area (Å²) >= 11 is 4.90. The van der Waals surface area contributed by atoms with E-state index in [1.54, 1.807) is 11.0 Å². The Labute approximate surface area is 119 Å². The molecule has 0 aliphatic rings. The molecule has 0 aromatic carbocycles. The van der Waals surface area contributed by atoms with Crippen molar-refractivity contribution in [3.8, 4) is 0 Å². The highest BCUT2D eigenvalue weighted by Crippen LogP contribution is 2.13. The van der Waals surface area contributed by atoms with Crippen molar-refractivity contribution < 1.29 is 4.79 Å². The first-order valence-corrected chi connectivity index (χ1v) is 6.70. The quantitative estimate of drug-likeness (QED) is 0.827. The normalized spacial score (nSPS) is 10.6. The summed E-state index contributed by atoms with van der Waals surface area (Å²) in [5, 5.41) is 8.06. The van der Waals surface area contributed by atoms with Crippen LogP contribution >= 0.6 is 12.2 Å². The predicted molar refractivity (Wildman–Crippen MR) is 79.1 cm³/mol. The van der Waals surface area contributed by atoms with Crippen molar-refractivity contribution in [1.29, 1.82) is 0 Å². The summed E-state index contributed by atoms with van der Waals surface area (Å²) in [5.74, 6) is -0.0994. The summed E-state index contributed by atoms with van der Waals surface area (Å²) in [7, 11) is 0. The van der Waals surface area contributed by atoms with Crippen LogP contribution < -0.4 is 5.73 Å². The fourth-order valence-corrected chi connectivity index (χ4v) is 1.91. The van der Waals surface area contributed by atoms with Crippen LogP contribution in [0.5, 0.6) is 0 Å². The number of rotatable bonds is 5. The van der Waals surface area contributed by atoms with Crippen LogP contribution in [0.3, 0.4) is 0 Å². The molecule has 0 fully saturated rings. The van der Waals surface area contributed by atoms with Crippen LogP contribution in [0.15, 0.2) is 6.07 Å². The highest BCUT2D eigenvalue weighted by molar-refractivity contribution is 7.80. The maximum atomic E-state index is 12.6. The average molecular weight is 280 g/mol. The Hall–Kier alpha value is -1.56. The molecule has 0 atom stereocenters. The number of carbonyl (C=O) groups is 1. The molecule has 0 aliphatic carbocycles. The molecule has 0 saturated carbocycles. The van der Waals surface area contributed by atoms with E-state index in [9.17, 15) is 4.79 Å². The Balaban J connectivity index is 3.15. The zero-order chi connectivity index (χ0) is 14.6. The lowest BCUT2D eigenvalue weighted by molar-refractivity contribution is 0.0734. The van der Waals surface area contributed by atoms with Crippen LogP contribution in [-0.2, 0) is 6.42 Å². The Bertz CT molecular complexity index is 488. The third-order valence-electron chi connectivity index (χ3n) is 2.77. The Morgan fingerprint density at radius 3 is 2.58 bits per heavy atom. The predicted octanol–water partition coefficient (Wildman–Crippen LogP) is 1.48. The van der Waals surface area contributed by atoms with Crippen LogP contribution in [0.4, 0.5) is 0 Å². The molecule has 1 aromatic rings. The van der Waals surface area contributed by atoms with E-state index in [-0.39, 0.29) is 18.5 Å². The molecule has 0 spiro atoms. The molecule has 0 aliphatic heterocycles. The SMILES string of the molecule is CCc1nnc(C)cc1C(=O)N(CC(N)=S)C(C)C. The summed E-state index contributed by atoms with van der Waals surface area (Å²) in [6.45, 7) is 7.91. The fourth-order valence-electron chi connectivity index (χ4n) is 1.77. The number of amides is 1. The second-order valence-electron chi connectivity index (χ2n) is 4.69. The van der Waals surface area contributed by atoms with Crippen LogP contribution in [0.1, 0.15) is 42.5 Å². The lowest BCUT2D eigenvalue weighted by Crippen LogP contribution is -2.42. The zero-order valence-electron chi connectivity index (χ0n) is 11.8. The lowest BCUT2D eigenvalue weighted by atomic mass is 10.1. The third-order valence-corrected chi connectivity index (χ3v) is 2.90. The van der Waals surface area contributed by atoms with Crippen molar-refractivity contribution in [2.75, 3.05) is 6.54 Å². The van der Waals surface area contributed by atoms with Crippen molar-refractivity contribution in [3.05, 3.63) is 23.0 Å². The second-order valence-corrected chi connectivity index (χ2v) is 5.22. The topological polar surface area (TPSA) is 72.1 Å². The van der Waals surface area contributed by atoms with Gasteiger partial charge in [-0.15, -0.1) is 0 Å². The molecule has 0 unspecified atom stereocenters. The summed E-state index contributed by atoms with van der Waals surface area (Å²) in [5.41, 5.74) is 7.56. The molecule has 6 heteroatoms. The van der Waals surface area contributed by atoms with Crippen LogP contribution in [-0.4, -0.2) is 38.6 Å². The maximum Gasteiger partial charge on any atom is 0.256 e. The first-order valence-electron chi connectivity index (χ1n) is 6.29. The molecule has 1 heterocycles. The van der Waals surface area contributed by atoms with E-state index < -0.39 is 0 Å². The molecule has 0 radical (unpaired) electrons. The number of aryl methyl sites for hydroxylation is 2.